The Balaban J connectivity index is 2.69. The zero-order valence-electron chi connectivity index (χ0n) is 13.2. The first-order valence-electron chi connectivity index (χ1n) is 7.10. The molecule has 1 unspecified atom stereocenters. The van der Waals surface area contributed by atoms with Crippen LogP contribution in [0.1, 0.15) is 50.9 Å². The van der Waals surface area contributed by atoms with E-state index >= 15 is 0 Å². The summed E-state index contributed by atoms with van der Waals surface area (Å²) in [6, 6.07) is 3.25. The second-order valence-electron chi connectivity index (χ2n) is 6.00. The van der Waals surface area contributed by atoms with Gasteiger partial charge in [-0.2, -0.15) is 0 Å². The van der Waals surface area contributed by atoms with Gasteiger partial charge in [-0.3, -0.25) is 4.79 Å². The van der Waals surface area contributed by atoms with E-state index in [9.17, 15) is 14.0 Å². The van der Waals surface area contributed by atoms with Gasteiger partial charge in [-0.15, -0.1) is 0 Å². The number of benzene rings is 1. The first-order chi connectivity index (χ1) is 10.1. The van der Waals surface area contributed by atoms with Crippen LogP contribution < -0.4 is 5.32 Å². The molecule has 0 aliphatic rings. The molecular formula is C16H21ClFNO3. The molecule has 0 bridgehead atoms. The summed E-state index contributed by atoms with van der Waals surface area (Å²) in [6.45, 7) is 7.13. The lowest BCUT2D eigenvalue weighted by Gasteiger charge is -2.22. The van der Waals surface area contributed by atoms with Gasteiger partial charge >= 0.3 is 6.09 Å². The van der Waals surface area contributed by atoms with Crippen LogP contribution in [0.15, 0.2) is 18.2 Å². The van der Waals surface area contributed by atoms with Crippen LogP contribution >= 0.6 is 11.6 Å². The van der Waals surface area contributed by atoms with Gasteiger partial charge in [-0.25, -0.2) is 9.18 Å². The summed E-state index contributed by atoms with van der Waals surface area (Å²) in [5.74, 6) is -0.756. The van der Waals surface area contributed by atoms with Gasteiger partial charge in [0.05, 0.1) is 5.02 Å². The average Bonchev–Trinajstić information content (AvgIpc) is 2.35. The third-order valence-corrected chi connectivity index (χ3v) is 3.19. The van der Waals surface area contributed by atoms with Gasteiger partial charge in [0, 0.05) is 18.0 Å². The van der Waals surface area contributed by atoms with Crippen LogP contribution in [0.4, 0.5) is 9.18 Å². The number of ketones is 1. The van der Waals surface area contributed by atoms with E-state index < -0.39 is 17.5 Å². The second-order valence-corrected chi connectivity index (χ2v) is 6.41. The molecule has 1 amide bonds. The fourth-order valence-electron chi connectivity index (χ4n) is 1.82. The van der Waals surface area contributed by atoms with Crippen LogP contribution in [0.2, 0.25) is 5.02 Å². The van der Waals surface area contributed by atoms with E-state index in [2.05, 4.69) is 5.32 Å². The third-order valence-electron chi connectivity index (χ3n) is 2.88. The molecule has 0 fully saturated rings. The van der Waals surface area contributed by atoms with Gasteiger partial charge < -0.3 is 10.1 Å². The van der Waals surface area contributed by atoms with Crippen LogP contribution in [0.5, 0.6) is 0 Å². The number of ether oxygens (including phenoxy) is 1. The molecule has 0 saturated carbocycles. The number of Topliss-reactive ketones (excluding diaryl/α,β-unsaturated/α-hetero) is 1. The van der Waals surface area contributed by atoms with Crippen molar-refractivity contribution in [2.45, 2.75) is 52.2 Å². The Kier molecular flexibility index (Phi) is 6.35. The summed E-state index contributed by atoms with van der Waals surface area (Å²) >= 11 is 5.87. The van der Waals surface area contributed by atoms with Gasteiger partial charge in [-0.05, 0) is 45.4 Å². The first kappa shape index (κ1) is 18.4. The Morgan fingerprint density at radius 2 is 2.00 bits per heavy atom. The third kappa shape index (κ3) is 6.02. The number of halogens is 2. The summed E-state index contributed by atoms with van der Waals surface area (Å²) in [4.78, 5) is 24.0. The molecule has 0 heterocycles. The highest BCUT2D eigenvalue weighted by Crippen LogP contribution is 2.20. The second kappa shape index (κ2) is 7.58. The minimum absolute atomic E-state index is 0.0668. The lowest BCUT2D eigenvalue weighted by molar-refractivity contribution is 0.0500. The smallest absolute Gasteiger partial charge is 0.407 e. The molecule has 1 atom stereocenters. The molecule has 0 aliphatic carbocycles. The van der Waals surface area contributed by atoms with E-state index in [1.54, 1.807) is 20.8 Å². The molecule has 4 nitrogen and oxygen atoms in total. The van der Waals surface area contributed by atoms with Crippen molar-refractivity contribution in [3.63, 3.8) is 0 Å². The molecule has 1 aromatic rings. The highest BCUT2D eigenvalue weighted by atomic mass is 35.5. The number of nitrogens with one attached hydrogen (secondary N) is 1. The Morgan fingerprint density at radius 3 is 2.50 bits per heavy atom. The molecule has 22 heavy (non-hydrogen) atoms. The Bertz CT molecular complexity index is 555. The lowest BCUT2D eigenvalue weighted by Crippen LogP contribution is -2.39. The summed E-state index contributed by atoms with van der Waals surface area (Å²) in [5, 5.41) is 2.72. The number of carbonyl (C=O) groups excluding carboxylic acids is 2. The standard InChI is InChI=1S/C16H21ClFNO3/c1-5-11(19-15(21)22-16(2,3)4)9-14(20)12-7-6-10(18)8-13(12)17/h6-8,11H,5,9H2,1-4H3,(H,19,21). The maximum Gasteiger partial charge on any atom is 0.407 e. The first-order valence-corrected chi connectivity index (χ1v) is 7.48. The number of hydrogen-bond donors (Lipinski definition) is 1. The molecule has 0 aliphatic heterocycles. The fourth-order valence-corrected chi connectivity index (χ4v) is 2.09. The van der Waals surface area contributed by atoms with Crippen LogP contribution in [-0.4, -0.2) is 23.5 Å². The maximum absolute atomic E-state index is 13.0. The van der Waals surface area contributed by atoms with Gasteiger partial charge in [0.15, 0.2) is 5.78 Å². The van der Waals surface area contributed by atoms with E-state index in [1.165, 1.54) is 12.1 Å². The Labute approximate surface area is 135 Å². The van der Waals surface area contributed by atoms with Crippen molar-refractivity contribution in [2.75, 3.05) is 0 Å². The molecule has 1 N–H and O–H groups in total. The number of hydrogen-bond acceptors (Lipinski definition) is 3. The average molecular weight is 330 g/mol. The monoisotopic (exact) mass is 329 g/mol. The zero-order valence-corrected chi connectivity index (χ0v) is 14.0. The number of carbonyl (C=O) groups is 2. The van der Waals surface area contributed by atoms with Gasteiger partial charge in [0.2, 0.25) is 0 Å². The van der Waals surface area contributed by atoms with E-state index in [-0.39, 0.29) is 28.8 Å². The van der Waals surface area contributed by atoms with Crippen molar-refractivity contribution in [2.24, 2.45) is 0 Å². The molecule has 0 aromatic heterocycles. The Hall–Kier alpha value is -1.62. The van der Waals surface area contributed by atoms with Crippen LogP contribution in [0.25, 0.3) is 0 Å². The van der Waals surface area contributed by atoms with Gasteiger partial charge in [0.25, 0.3) is 0 Å². The predicted octanol–water partition coefficient (Wildman–Crippen LogP) is 4.36. The highest BCUT2D eigenvalue weighted by Gasteiger charge is 2.21. The van der Waals surface area contributed by atoms with Crippen molar-refractivity contribution < 1.29 is 18.7 Å². The summed E-state index contributed by atoms with van der Waals surface area (Å²) in [7, 11) is 0. The van der Waals surface area contributed by atoms with Crippen LogP contribution in [0.3, 0.4) is 0 Å². The molecule has 122 valence electrons. The fraction of sp³-hybridized carbons (Fsp3) is 0.500. The van der Waals surface area contributed by atoms with Crippen molar-refractivity contribution >= 4 is 23.5 Å². The van der Waals surface area contributed by atoms with E-state index in [4.69, 9.17) is 16.3 Å². The number of amides is 1. The van der Waals surface area contributed by atoms with Gasteiger partial charge in [-0.1, -0.05) is 18.5 Å². The van der Waals surface area contributed by atoms with Crippen molar-refractivity contribution in [3.8, 4) is 0 Å². The number of rotatable bonds is 5. The van der Waals surface area contributed by atoms with E-state index in [1.807, 2.05) is 6.92 Å². The minimum atomic E-state index is -0.605. The molecule has 0 radical (unpaired) electrons. The highest BCUT2D eigenvalue weighted by molar-refractivity contribution is 6.34. The predicted molar refractivity (Wildman–Crippen MR) is 83.8 cm³/mol. The van der Waals surface area contributed by atoms with Crippen molar-refractivity contribution in [1.82, 2.24) is 5.32 Å². The molecular weight excluding hydrogens is 309 g/mol. The summed E-state index contributed by atoms with van der Waals surface area (Å²) in [5.41, 5.74) is -0.361. The Morgan fingerprint density at radius 1 is 1.36 bits per heavy atom. The summed E-state index contributed by atoms with van der Waals surface area (Å²) < 4.78 is 18.2. The molecule has 0 saturated heterocycles. The molecule has 6 heteroatoms. The summed E-state index contributed by atoms with van der Waals surface area (Å²) in [6.07, 6.45) is 0.0580. The topological polar surface area (TPSA) is 55.4 Å². The quantitative estimate of drug-likeness (QED) is 0.817. The normalized spacial score (nSPS) is 12.6. The maximum atomic E-state index is 13.0. The number of alkyl carbamates (subject to hydrolysis) is 1. The molecule has 0 spiro atoms. The van der Waals surface area contributed by atoms with Crippen molar-refractivity contribution in [3.05, 3.63) is 34.6 Å². The lowest BCUT2D eigenvalue weighted by atomic mass is 10.0. The SMILES string of the molecule is CCC(CC(=O)c1ccc(F)cc1Cl)NC(=O)OC(C)(C)C. The molecule has 1 rings (SSSR count). The zero-order chi connectivity index (χ0) is 16.9. The van der Waals surface area contributed by atoms with E-state index in [0.29, 0.717) is 6.42 Å². The van der Waals surface area contributed by atoms with E-state index in [0.717, 1.165) is 6.07 Å². The van der Waals surface area contributed by atoms with Crippen molar-refractivity contribution in [1.29, 1.82) is 0 Å². The largest absolute Gasteiger partial charge is 0.444 e. The minimum Gasteiger partial charge on any atom is -0.444 e. The van der Waals surface area contributed by atoms with Crippen LogP contribution in [0, 0.1) is 5.82 Å². The van der Waals surface area contributed by atoms with Gasteiger partial charge in [0.1, 0.15) is 11.4 Å². The van der Waals surface area contributed by atoms with Crippen LogP contribution in [-0.2, 0) is 4.74 Å². The molecule has 1 aromatic carbocycles.